The molecule has 0 spiro atoms. The number of hydrogen-bond donors (Lipinski definition) is 0. The lowest BCUT2D eigenvalue weighted by atomic mass is 9.85. The Kier molecular flexibility index (Phi) is 3.69. The molecule has 0 atom stereocenters. The molecule has 1 heterocycles. The van der Waals surface area contributed by atoms with E-state index in [4.69, 9.17) is 0 Å². The molecule has 0 unspecified atom stereocenters. The predicted molar refractivity (Wildman–Crippen MR) is 71.0 cm³/mol. The van der Waals surface area contributed by atoms with Crippen LogP contribution in [0.25, 0.3) is 0 Å². The number of aromatic nitrogens is 2. The Morgan fingerprint density at radius 2 is 2.07 bits per heavy atom. The molecule has 0 N–H and O–H groups in total. The molecular formula is C12H19IN2. The average molecular weight is 318 g/mol. The van der Waals surface area contributed by atoms with Crippen LogP contribution in [0.2, 0.25) is 0 Å². The van der Waals surface area contributed by atoms with Gasteiger partial charge in [0.25, 0.3) is 0 Å². The zero-order valence-corrected chi connectivity index (χ0v) is 11.7. The minimum atomic E-state index is 0.662. The second kappa shape index (κ2) is 4.85. The van der Waals surface area contributed by atoms with E-state index in [2.05, 4.69) is 52.4 Å². The van der Waals surface area contributed by atoms with E-state index in [1.54, 1.807) is 0 Å². The highest BCUT2D eigenvalue weighted by molar-refractivity contribution is 14.1. The number of halogens is 1. The third-order valence-corrected chi connectivity index (χ3v) is 4.69. The van der Waals surface area contributed by atoms with Crippen molar-refractivity contribution >= 4 is 22.6 Å². The van der Waals surface area contributed by atoms with E-state index in [1.165, 1.54) is 37.7 Å². The lowest BCUT2D eigenvalue weighted by Crippen LogP contribution is -2.18. The Hall–Kier alpha value is -0.0600. The van der Waals surface area contributed by atoms with Crippen molar-refractivity contribution in [2.45, 2.75) is 52.0 Å². The van der Waals surface area contributed by atoms with E-state index in [0.29, 0.717) is 6.04 Å². The van der Waals surface area contributed by atoms with Gasteiger partial charge in [0.05, 0.1) is 6.04 Å². The molecule has 84 valence electrons. The van der Waals surface area contributed by atoms with Gasteiger partial charge in [0.1, 0.15) is 3.70 Å². The van der Waals surface area contributed by atoms with Gasteiger partial charge in [-0.15, -0.1) is 0 Å². The van der Waals surface area contributed by atoms with E-state index in [-0.39, 0.29) is 0 Å². The summed E-state index contributed by atoms with van der Waals surface area (Å²) in [6, 6.07) is 0.662. The van der Waals surface area contributed by atoms with Gasteiger partial charge < -0.3 is 0 Å². The third kappa shape index (κ3) is 2.55. The Morgan fingerprint density at radius 3 is 2.53 bits per heavy atom. The first-order valence-corrected chi connectivity index (χ1v) is 6.99. The average Bonchev–Trinajstić information content (AvgIpc) is 2.59. The zero-order valence-electron chi connectivity index (χ0n) is 9.54. The van der Waals surface area contributed by atoms with E-state index in [0.717, 1.165) is 9.62 Å². The molecule has 1 aliphatic rings. The summed E-state index contributed by atoms with van der Waals surface area (Å²) in [5.41, 5.74) is 1.31. The maximum absolute atomic E-state index is 4.59. The van der Waals surface area contributed by atoms with Gasteiger partial charge in [-0.2, -0.15) is 5.10 Å². The molecule has 1 aromatic rings. The van der Waals surface area contributed by atoms with Crippen LogP contribution >= 0.6 is 22.6 Å². The first kappa shape index (κ1) is 11.4. The van der Waals surface area contributed by atoms with Crippen LogP contribution in [-0.4, -0.2) is 9.78 Å². The summed E-state index contributed by atoms with van der Waals surface area (Å²) in [5, 5.41) is 4.59. The first-order chi connectivity index (χ1) is 7.20. The van der Waals surface area contributed by atoms with Crippen LogP contribution in [0.1, 0.15) is 50.6 Å². The molecule has 0 radical (unpaired) electrons. The van der Waals surface area contributed by atoms with Gasteiger partial charge in [-0.25, -0.2) is 0 Å². The minimum absolute atomic E-state index is 0.662. The second-order valence-corrected chi connectivity index (χ2v) is 5.69. The molecule has 2 rings (SSSR count). The summed E-state index contributed by atoms with van der Waals surface area (Å²) in [6.07, 6.45) is 8.96. The van der Waals surface area contributed by atoms with Gasteiger partial charge in [0, 0.05) is 11.8 Å². The fraction of sp³-hybridized carbons (Fsp3) is 0.750. The van der Waals surface area contributed by atoms with Crippen LogP contribution < -0.4 is 0 Å². The number of rotatable bonds is 2. The molecule has 0 aromatic carbocycles. The van der Waals surface area contributed by atoms with Crippen molar-refractivity contribution < 1.29 is 0 Å². The Labute approximate surface area is 106 Å². The normalized spacial score (nSPS) is 26.9. The van der Waals surface area contributed by atoms with Gasteiger partial charge in [0.15, 0.2) is 0 Å². The standard InChI is InChI=1S/C12H19IN2/c1-3-10-4-6-11(7-5-10)15-8-9(2)12(13)14-15/h8,10-11H,3-7H2,1-2H3. The highest BCUT2D eigenvalue weighted by Gasteiger charge is 2.22. The van der Waals surface area contributed by atoms with Crippen molar-refractivity contribution in [2.75, 3.05) is 0 Å². The molecule has 1 fully saturated rings. The molecule has 1 aliphatic carbocycles. The fourth-order valence-corrected chi connectivity index (χ4v) is 2.85. The summed E-state index contributed by atoms with van der Waals surface area (Å²) in [6.45, 7) is 4.45. The quantitative estimate of drug-likeness (QED) is 0.755. The van der Waals surface area contributed by atoms with Gasteiger partial charge >= 0.3 is 0 Å². The van der Waals surface area contributed by atoms with Crippen LogP contribution in [-0.2, 0) is 0 Å². The largest absolute Gasteiger partial charge is 0.268 e. The SMILES string of the molecule is CCC1CCC(n2cc(C)c(I)n2)CC1. The molecule has 0 bridgehead atoms. The maximum atomic E-state index is 4.59. The van der Waals surface area contributed by atoms with Gasteiger partial charge in [-0.3, -0.25) is 4.68 Å². The lowest BCUT2D eigenvalue weighted by Gasteiger charge is -2.27. The topological polar surface area (TPSA) is 17.8 Å². The number of aryl methyl sites for hydroxylation is 1. The van der Waals surface area contributed by atoms with Crippen LogP contribution in [0.15, 0.2) is 6.20 Å². The molecule has 1 saturated carbocycles. The molecule has 3 heteroatoms. The molecule has 1 aromatic heterocycles. The minimum Gasteiger partial charge on any atom is -0.268 e. The molecule has 0 amide bonds. The van der Waals surface area contributed by atoms with Crippen LogP contribution in [0.5, 0.6) is 0 Å². The Morgan fingerprint density at radius 1 is 1.40 bits per heavy atom. The summed E-state index contributed by atoms with van der Waals surface area (Å²) in [4.78, 5) is 0. The van der Waals surface area contributed by atoms with Crippen molar-refractivity contribution in [3.05, 3.63) is 15.5 Å². The van der Waals surface area contributed by atoms with Gasteiger partial charge in [-0.05, 0) is 61.1 Å². The van der Waals surface area contributed by atoms with Crippen molar-refractivity contribution in [3.8, 4) is 0 Å². The monoisotopic (exact) mass is 318 g/mol. The van der Waals surface area contributed by atoms with Crippen LogP contribution in [0.3, 0.4) is 0 Å². The number of hydrogen-bond acceptors (Lipinski definition) is 1. The van der Waals surface area contributed by atoms with Crippen molar-refractivity contribution in [3.63, 3.8) is 0 Å². The van der Waals surface area contributed by atoms with Crippen molar-refractivity contribution in [1.82, 2.24) is 9.78 Å². The lowest BCUT2D eigenvalue weighted by molar-refractivity contribution is 0.256. The van der Waals surface area contributed by atoms with E-state index in [1.807, 2.05) is 0 Å². The predicted octanol–water partition coefficient (Wildman–Crippen LogP) is 3.94. The van der Waals surface area contributed by atoms with Gasteiger partial charge in [-0.1, -0.05) is 13.3 Å². The van der Waals surface area contributed by atoms with E-state index in [9.17, 15) is 0 Å². The Balaban J connectivity index is 2.01. The smallest absolute Gasteiger partial charge is 0.126 e. The highest BCUT2D eigenvalue weighted by atomic mass is 127. The summed E-state index contributed by atoms with van der Waals surface area (Å²) in [5.74, 6) is 0.969. The summed E-state index contributed by atoms with van der Waals surface area (Å²) < 4.78 is 3.36. The van der Waals surface area contributed by atoms with Crippen molar-refractivity contribution in [1.29, 1.82) is 0 Å². The number of nitrogens with zero attached hydrogens (tertiary/aromatic N) is 2. The van der Waals surface area contributed by atoms with Crippen LogP contribution in [0, 0.1) is 16.5 Å². The molecule has 2 nitrogen and oxygen atoms in total. The Bertz CT molecular complexity index is 305. The third-order valence-electron chi connectivity index (χ3n) is 3.62. The fourth-order valence-electron chi connectivity index (χ4n) is 2.47. The summed E-state index contributed by atoms with van der Waals surface area (Å²) >= 11 is 2.32. The molecule has 0 aliphatic heterocycles. The van der Waals surface area contributed by atoms with Gasteiger partial charge in [0.2, 0.25) is 0 Å². The first-order valence-electron chi connectivity index (χ1n) is 5.92. The van der Waals surface area contributed by atoms with Crippen molar-refractivity contribution in [2.24, 2.45) is 5.92 Å². The molecule has 0 saturated heterocycles. The highest BCUT2D eigenvalue weighted by Crippen LogP contribution is 2.33. The second-order valence-electron chi connectivity index (χ2n) is 4.67. The molecular weight excluding hydrogens is 299 g/mol. The van der Waals surface area contributed by atoms with E-state index < -0.39 is 0 Å². The van der Waals surface area contributed by atoms with Crippen LogP contribution in [0.4, 0.5) is 0 Å². The zero-order chi connectivity index (χ0) is 10.8. The maximum Gasteiger partial charge on any atom is 0.126 e. The van der Waals surface area contributed by atoms with E-state index >= 15 is 0 Å². The summed E-state index contributed by atoms with van der Waals surface area (Å²) in [7, 11) is 0. The molecule has 15 heavy (non-hydrogen) atoms.